The van der Waals surface area contributed by atoms with E-state index in [0.717, 1.165) is 33.3 Å². The molecule has 21 heavy (non-hydrogen) atoms. The van der Waals surface area contributed by atoms with Crippen LogP contribution in [0.3, 0.4) is 0 Å². The van der Waals surface area contributed by atoms with E-state index in [0.29, 0.717) is 5.56 Å². The van der Waals surface area contributed by atoms with E-state index in [2.05, 4.69) is 12.1 Å². The Balaban J connectivity index is 2.14. The van der Waals surface area contributed by atoms with Crippen LogP contribution in [-0.4, -0.2) is 10.1 Å². The summed E-state index contributed by atoms with van der Waals surface area (Å²) in [6, 6.07) is 17.5. The number of nitriles is 1. The van der Waals surface area contributed by atoms with Crippen LogP contribution in [0, 0.1) is 18.3 Å². The summed E-state index contributed by atoms with van der Waals surface area (Å²) in [6.45, 7) is 2.06. The van der Waals surface area contributed by atoms with Crippen LogP contribution in [0.25, 0.3) is 22.2 Å². The van der Waals surface area contributed by atoms with Crippen molar-refractivity contribution in [3.63, 3.8) is 0 Å². The van der Waals surface area contributed by atoms with Gasteiger partial charge in [0.25, 0.3) is 0 Å². The summed E-state index contributed by atoms with van der Waals surface area (Å²) in [7, 11) is 0. The Morgan fingerprint density at radius 3 is 2.52 bits per heavy atom. The number of fused-ring (bicyclic) bond motifs is 1. The average Bonchev–Trinajstić information content (AvgIpc) is 2.53. The first-order valence-corrected chi connectivity index (χ1v) is 6.73. The molecule has 0 bridgehead atoms. The number of pyridine rings is 1. The molecule has 0 saturated heterocycles. The van der Waals surface area contributed by atoms with E-state index in [1.807, 2.05) is 43.3 Å². The van der Waals surface area contributed by atoms with Gasteiger partial charge in [-0.25, -0.2) is 4.98 Å². The highest BCUT2D eigenvalue weighted by Crippen LogP contribution is 2.26. The molecule has 2 aromatic carbocycles. The van der Waals surface area contributed by atoms with Crippen LogP contribution in [0.15, 0.2) is 48.5 Å². The fourth-order valence-electron chi connectivity index (χ4n) is 2.41. The molecule has 1 aromatic heterocycles. The molecular weight excluding hydrogens is 260 g/mol. The molecule has 102 valence electrons. The van der Waals surface area contributed by atoms with Crippen LogP contribution >= 0.6 is 0 Å². The second-order valence-corrected chi connectivity index (χ2v) is 5.03. The Morgan fingerprint density at radius 1 is 1.10 bits per heavy atom. The largest absolute Gasteiger partial charge is 0.392 e. The van der Waals surface area contributed by atoms with E-state index in [1.165, 1.54) is 0 Å². The number of hydrogen-bond donors (Lipinski definition) is 1. The monoisotopic (exact) mass is 274 g/mol. The van der Waals surface area contributed by atoms with Crippen LogP contribution in [0.4, 0.5) is 0 Å². The minimum atomic E-state index is 0.0430. The van der Waals surface area contributed by atoms with E-state index in [9.17, 15) is 0 Å². The fourth-order valence-corrected chi connectivity index (χ4v) is 2.41. The van der Waals surface area contributed by atoms with Crippen molar-refractivity contribution in [3.8, 4) is 17.3 Å². The van der Waals surface area contributed by atoms with E-state index in [4.69, 9.17) is 15.4 Å². The topological polar surface area (TPSA) is 56.9 Å². The Hall–Kier alpha value is -2.70. The molecule has 0 saturated carbocycles. The van der Waals surface area contributed by atoms with Gasteiger partial charge in [0, 0.05) is 10.9 Å². The van der Waals surface area contributed by atoms with E-state index >= 15 is 0 Å². The lowest BCUT2D eigenvalue weighted by Gasteiger charge is -2.08. The van der Waals surface area contributed by atoms with Gasteiger partial charge < -0.3 is 5.11 Å². The van der Waals surface area contributed by atoms with Crippen LogP contribution in [-0.2, 0) is 6.61 Å². The Morgan fingerprint density at radius 2 is 1.86 bits per heavy atom. The summed E-state index contributed by atoms with van der Waals surface area (Å²) >= 11 is 0. The number of hydrogen-bond acceptors (Lipinski definition) is 3. The normalized spacial score (nSPS) is 10.5. The molecule has 1 heterocycles. The Kier molecular flexibility index (Phi) is 3.39. The van der Waals surface area contributed by atoms with Crippen molar-refractivity contribution >= 4 is 10.9 Å². The highest BCUT2D eigenvalue weighted by molar-refractivity contribution is 5.84. The molecule has 0 unspecified atom stereocenters. The third-order valence-corrected chi connectivity index (χ3v) is 3.54. The molecule has 0 radical (unpaired) electrons. The summed E-state index contributed by atoms with van der Waals surface area (Å²) in [6.07, 6.45) is 0. The molecule has 0 aliphatic rings. The molecule has 0 fully saturated rings. The van der Waals surface area contributed by atoms with Gasteiger partial charge in [0.05, 0.1) is 29.5 Å². The number of rotatable bonds is 2. The minimum absolute atomic E-state index is 0.0430. The van der Waals surface area contributed by atoms with Crippen LogP contribution in [0.1, 0.15) is 16.7 Å². The molecule has 0 spiro atoms. The van der Waals surface area contributed by atoms with Crippen molar-refractivity contribution in [1.82, 2.24) is 4.98 Å². The smallest absolute Gasteiger partial charge is 0.0991 e. The van der Waals surface area contributed by atoms with Gasteiger partial charge in [-0.2, -0.15) is 5.26 Å². The second-order valence-electron chi connectivity index (χ2n) is 5.03. The third kappa shape index (κ3) is 2.49. The van der Waals surface area contributed by atoms with Gasteiger partial charge in [0.15, 0.2) is 0 Å². The highest BCUT2D eigenvalue weighted by atomic mass is 16.3. The highest BCUT2D eigenvalue weighted by Gasteiger charge is 2.07. The lowest BCUT2D eigenvalue weighted by Crippen LogP contribution is -1.91. The van der Waals surface area contributed by atoms with Gasteiger partial charge in [-0.05, 0) is 42.3 Å². The maximum absolute atomic E-state index is 9.10. The fraction of sp³-hybridized carbons (Fsp3) is 0.111. The lowest BCUT2D eigenvalue weighted by atomic mass is 10.0. The maximum Gasteiger partial charge on any atom is 0.0991 e. The molecule has 3 heteroatoms. The molecule has 0 amide bonds. The molecule has 1 N–H and O–H groups in total. The van der Waals surface area contributed by atoms with Crippen molar-refractivity contribution in [2.24, 2.45) is 0 Å². The second kappa shape index (κ2) is 5.35. The van der Waals surface area contributed by atoms with Gasteiger partial charge in [-0.1, -0.05) is 24.3 Å². The molecule has 3 aromatic rings. The number of aliphatic hydroxyl groups excluding tert-OH is 1. The summed E-state index contributed by atoms with van der Waals surface area (Å²) in [5.41, 5.74) is 5.42. The molecule has 0 aliphatic carbocycles. The average molecular weight is 274 g/mol. The zero-order valence-corrected chi connectivity index (χ0v) is 11.7. The predicted molar refractivity (Wildman–Crippen MR) is 82.6 cm³/mol. The van der Waals surface area contributed by atoms with Gasteiger partial charge in [-0.15, -0.1) is 0 Å². The number of benzene rings is 2. The first kappa shape index (κ1) is 13.3. The zero-order valence-electron chi connectivity index (χ0n) is 11.7. The summed E-state index contributed by atoms with van der Waals surface area (Å²) < 4.78 is 0. The number of aromatic nitrogens is 1. The lowest BCUT2D eigenvalue weighted by molar-refractivity contribution is 0.282. The van der Waals surface area contributed by atoms with Crippen molar-refractivity contribution in [2.45, 2.75) is 13.5 Å². The minimum Gasteiger partial charge on any atom is -0.392 e. The van der Waals surface area contributed by atoms with E-state index in [1.54, 1.807) is 6.07 Å². The third-order valence-electron chi connectivity index (χ3n) is 3.54. The quantitative estimate of drug-likeness (QED) is 0.777. The molecule has 0 atom stereocenters. The molecule has 3 nitrogen and oxygen atoms in total. The number of aliphatic hydroxyl groups is 1. The molecular formula is C18H14N2O. The summed E-state index contributed by atoms with van der Waals surface area (Å²) in [5.74, 6) is 0. The number of aryl methyl sites for hydroxylation is 1. The van der Waals surface area contributed by atoms with Gasteiger partial charge in [-0.3, -0.25) is 0 Å². The van der Waals surface area contributed by atoms with Crippen molar-refractivity contribution in [3.05, 3.63) is 65.2 Å². The Bertz CT molecular complexity index is 845. The first-order valence-electron chi connectivity index (χ1n) is 6.73. The van der Waals surface area contributed by atoms with Gasteiger partial charge >= 0.3 is 0 Å². The maximum atomic E-state index is 9.10. The van der Waals surface area contributed by atoms with E-state index in [-0.39, 0.29) is 6.61 Å². The SMILES string of the molecule is Cc1cc2cc(C#N)ccc2nc1-c1ccc(CO)cc1. The first-order chi connectivity index (χ1) is 10.2. The van der Waals surface area contributed by atoms with Crippen molar-refractivity contribution in [2.75, 3.05) is 0 Å². The van der Waals surface area contributed by atoms with Crippen molar-refractivity contribution in [1.29, 1.82) is 5.26 Å². The van der Waals surface area contributed by atoms with Crippen LogP contribution < -0.4 is 0 Å². The van der Waals surface area contributed by atoms with Crippen LogP contribution in [0.5, 0.6) is 0 Å². The number of nitrogens with zero attached hydrogens (tertiary/aromatic N) is 2. The van der Waals surface area contributed by atoms with Crippen LogP contribution in [0.2, 0.25) is 0 Å². The van der Waals surface area contributed by atoms with Crippen molar-refractivity contribution < 1.29 is 5.11 Å². The standard InChI is InChI=1S/C18H14N2O/c1-12-8-16-9-14(10-19)4-7-17(16)20-18(12)15-5-2-13(11-21)3-6-15/h2-9,21H,11H2,1H3. The zero-order chi connectivity index (χ0) is 14.8. The van der Waals surface area contributed by atoms with E-state index < -0.39 is 0 Å². The summed E-state index contributed by atoms with van der Waals surface area (Å²) in [5, 5.41) is 19.0. The predicted octanol–water partition coefficient (Wildman–Crippen LogP) is 3.57. The molecule has 3 rings (SSSR count). The Labute approximate surface area is 123 Å². The molecule has 0 aliphatic heterocycles. The summed E-state index contributed by atoms with van der Waals surface area (Å²) in [4.78, 5) is 4.70. The van der Waals surface area contributed by atoms with Gasteiger partial charge in [0.1, 0.15) is 0 Å². The van der Waals surface area contributed by atoms with Gasteiger partial charge in [0.2, 0.25) is 0 Å².